The summed E-state index contributed by atoms with van der Waals surface area (Å²) in [5, 5.41) is 10.2. The smallest absolute Gasteiger partial charge is 0.253 e. The monoisotopic (exact) mass is 419 g/mol. The fourth-order valence-electron chi connectivity index (χ4n) is 4.24. The van der Waals surface area contributed by atoms with E-state index in [1.54, 1.807) is 0 Å². The third kappa shape index (κ3) is 4.69. The number of hydrogen-bond donors (Lipinski definition) is 1. The lowest BCUT2D eigenvalue weighted by Gasteiger charge is -2.42. The zero-order valence-electron chi connectivity index (χ0n) is 18.2. The van der Waals surface area contributed by atoms with E-state index in [4.69, 9.17) is 4.74 Å². The van der Waals surface area contributed by atoms with Crippen molar-refractivity contribution in [1.29, 1.82) is 0 Å². The Labute approximate surface area is 182 Å². The molecule has 0 bridgehead atoms. The van der Waals surface area contributed by atoms with Crippen molar-refractivity contribution in [2.75, 3.05) is 26.3 Å². The molecule has 1 aliphatic rings. The van der Waals surface area contributed by atoms with Crippen LogP contribution in [-0.4, -0.2) is 52.2 Å². The van der Waals surface area contributed by atoms with Crippen molar-refractivity contribution in [3.8, 4) is 5.75 Å². The van der Waals surface area contributed by atoms with Crippen LogP contribution in [-0.2, 0) is 0 Å². The van der Waals surface area contributed by atoms with Crippen LogP contribution in [0.5, 0.6) is 5.75 Å². The Bertz CT molecular complexity index is 1070. The molecule has 1 N–H and O–H groups in total. The molecule has 0 unspecified atom stereocenters. The van der Waals surface area contributed by atoms with E-state index in [0.29, 0.717) is 31.7 Å². The molecule has 1 fully saturated rings. The third-order valence-corrected chi connectivity index (χ3v) is 6.25. The minimum atomic E-state index is -0.340. The van der Waals surface area contributed by atoms with Gasteiger partial charge in [0.05, 0.1) is 35.6 Å². The molecule has 31 heavy (non-hydrogen) atoms. The Morgan fingerprint density at radius 1 is 1.10 bits per heavy atom. The van der Waals surface area contributed by atoms with Gasteiger partial charge in [-0.1, -0.05) is 18.2 Å². The van der Waals surface area contributed by atoms with Crippen molar-refractivity contribution in [2.45, 2.75) is 33.1 Å². The number of benzene rings is 2. The van der Waals surface area contributed by atoms with Crippen molar-refractivity contribution in [3.05, 3.63) is 65.5 Å². The van der Waals surface area contributed by atoms with Gasteiger partial charge in [0.15, 0.2) is 0 Å². The van der Waals surface area contributed by atoms with Crippen molar-refractivity contribution < 1.29 is 14.6 Å². The lowest BCUT2D eigenvalue weighted by molar-refractivity contribution is 0.0156. The van der Waals surface area contributed by atoms with Gasteiger partial charge in [-0.05, 0) is 63.4 Å². The Morgan fingerprint density at radius 2 is 1.84 bits per heavy atom. The van der Waals surface area contributed by atoms with E-state index in [9.17, 15) is 9.90 Å². The Morgan fingerprint density at radius 3 is 2.58 bits per heavy atom. The summed E-state index contributed by atoms with van der Waals surface area (Å²) in [4.78, 5) is 24.3. The zero-order valence-corrected chi connectivity index (χ0v) is 18.2. The Kier molecular flexibility index (Phi) is 6.18. The molecular weight excluding hydrogens is 390 g/mol. The van der Waals surface area contributed by atoms with Crippen LogP contribution in [0, 0.1) is 19.3 Å². The molecule has 0 spiro atoms. The number of likely N-dealkylation sites (tertiary alicyclic amines) is 1. The molecule has 6 heteroatoms. The fourth-order valence-corrected chi connectivity index (χ4v) is 4.24. The molecule has 0 aliphatic carbocycles. The van der Waals surface area contributed by atoms with E-state index in [-0.39, 0.29) is 17.9 Å². The molecule has 1 aromatic heterocycles. The number of aromatic nitrogens is 2. The summed E-state index contributed by atoms with van der Waals surface area (Å²) in [5.41, 5.74) is 3.56. The molecule has 162 valence electrons. The first-order chi connectivity index (χ1) is 15.0. The highest BCUT2D eigenvalue weighted by Gasteiger charge is 2.37. The SMILES string of the molecule is Cc1nc2ccc(C(=O)N3CCC[C@](CO)(CCOc4ccccc4)C3)cc2nc1C. The summed E-state index contributed by atoms with van der Waals surface area (Å²) in [6, 6.07) is 15.2. The number of carbonyl (C=O) groups excluding carboxylic acids is 1. The maximum atomic E-state index is 13.3. The largest absolute Gasteiger partial charge is 0.494 e. The van der Waals surface area contributed by atoms with Gasteiger partial charge in [-0.3, -0.25) is 4.79 Å². The highest BCUT2D eigenvalue weighted by atomic mass is 16.5. The number of rotatable bonds is 6. The highest BCUT2D eigenvalue weighted by molar-refractivity contribution is 5.97. The van der Waals surface area contributed by atoms with Gasteiger partial charge in [-0.25, -0.2) is 9.97 Å². The molecule has 2 heterocycles. The molecule has 1 saturated heterocycles. The van der Waals surface area contributed by atoms with Crippen molar-refractivity contribution >= 4 is 16.9 Å². The van der Waals surface area contributed by atoms with Crippen LogP contribution in [0.4, 0.5) is 0 Å². The van der Waals surface area contributed by atoms with Gasteiger partial charge in [0, 0.05) is 24.1 Å². The van der Waals surface area contributed by atoms with Crippen LogP contribution < -0.4 is 4.74 Å². The lowest BCUT2D eigenvalue weighted by atomic mass is 9.78. The van der Waals surface area contributed by atoms with Gasteiger partial charge in [-0.2, -0.15) is 0 Å². The first-order valence-corrected chi connectivity index (χ1v) is 10.8. The third-order valence-electron chi connectivity index (χ3n) is 6.25. The number of aliphatic hydroxyl groups excluding tert-OH is 1. The first-order valence-electron chi connectivity index (χ1n) is 10.8. The number of piperidine rings is 1. The second-order valence-corrected chi connectivity index (χ2v) is 8.50. The summed E-state index contributed by atoms with van der Waals surface area (Å²) >= 11 is 0. The minimum Gasteiger partial charge on any atom is -0.494 e. The fraction of sp³-hybridized carbons (Fsp3) is 0.400. The number of nitrogens with zero attached hydrogens (tertiary/aromatic N) is 3. The second kappa shape index (κ2) is 9.02. The number of fused-ring (bicyclic) bond motifs is 1. The van der Waals surface area contributed by atoms with Crippen LogP contribution >= 0.6 is 0 Å². The maximum Gasteiger partial charge on any atom is 0.253 e. The predicted octanol–water partition coefficient (Wildman–Crippen LogP) is 3.93. The number of para-hydroxylation sites is 1. The number of hydrogen-bond acceptors (Lipinski definition) is 5. The van der Waals surface area contributed by atoms with E-state index in [1.807, 2.05) is 67.3 Å². The standard InChI is InChI=1S/C25H29N3O3/c1-18-19(2)27-23-15-20(9-10-22(23)26-18)24(30)28-13-6-11-25(16-28,17-29)12-14-31-21-7-4-3-5-8-21/h3-5,7-10,15,29H,6,11-14,16-17H2,1-2H3/t25-/m0/s1. The van der Waals surface area contributed by atoms with Crippen molar-refractivity contribution in [2.24, 2.45) is 5.41 Å². The normalized spacial score (nSPS) is 18.9. The van der Waals surface area contributed by atoms with E-state index < -0.39 is 0 Å². The average molecular weight is 420 g/mol. The van der Waals surface area contributed by atoms with Crippen LogP contribution in [0.25, 0.3) is 11.0 Å². The molecule has 3 aromatic rings. The van der Waals surface area contributed by atoms with Crippen LogP contribution in [0.15, 0.2) is 48.5 Å². The van der Waals surface area contributed by atoms with Crippen LogP contribution in [0.3, 0.4) is 0 Å². The second-order valence-electron chi connectivity index (χ2n) is 8.50. The molecule has 0 saturated carbocycles. The van der Waals surface area contributed by atoms with Crippen molar-refractivity contribution in [1.82, 2.24) is 14.9 Å². The van der Waals surface area contributed by atoms with Gasteiger partial charge >= 0.3 is 0 Å². The van der Waals surface area contributed by atoms with E-state index in [2.05, 4.69) is 9.97 Å². The summed E-state index contributed by atoms with van der Waals surface area (Å²) in [6.07, 6.45) is 2.44. The molecule has 2 aromatic carbocycles. The number of aliphatic hydroxyl groups is 1. The van der Waals surface area contributed by atoms with E-state index in [1.165, 1.54) is 0 Å². The minimum absolute atomic E-state index is 0.0246. The molecule has 1 atom stereocenters. The summed E-state index contributed by atoms with van der Waals surface area (Å²) in [7, 11) is 0. The highest BCUT2D eigenvalue weighted by Crippen LogP contribution is 2.34. The maximum absolute atomic E-state index is 13.3. The van der Waals surface area contributed by atoms with Gasteiger partial charge in [-0.15, -0.1) is 0 Å². The molecular formula is C25H29N3O3. The summed E-state index contributed by atoms with van der Waals surface area (Å²) < 4.78 is 5.86. The van der Waals surface area contributed by atoms with Gasteiger partial charge in [0.1, 0.15) is 5.75 Å². The topological polar surface area (TPSA) is 75.6 Å². The molecule has 0 radical (unpaired) electrons. The zero-order chi connectivity index (χ0) is 21.8. The molecule has 6 nitrogen and oxygen atoms in total. The number of aryl methyl sites for hydroxylation is 2. The van der Waals surface area contributed by atoms with Crippen LogP contribution in [0.2, 0.25) is 0 Å². The van der Waals surface area contributed by atoms with E-state index in [0.717, 1.165) is 41.0 Å². The first kappa shape index (κ1) is 21.2. The summed E-state index contributed by atoms with van der Waals surface area (Å²) in [5.74, 6) is 0.797. The van der Waals surface area contributed by atoms with Crippen LogP contribution in [0.1, 0.15) is 41.0 Å². The van der Waals surface area contributed by atoms with E-state index >= 15 is 0 Å². The Hall–Kier alpha value is -2.99. The van der Waals surface area contributed by atoms with Crippen molar-refractivity contribution in [3.63, 3.8) is 0 Å². The number of carbonyl (C=O) groups is 1. The number of ether oxygens (including phenoxy) is 1. The predicted molar refractivity (Wildman–Crippen MR) is 120 cm³/mol. The molecule has 1 amide bonds. The molecule has 1 aliphatic heterocycles. The lowest BCUT2D eigenvalue weighted by Crippen LogP contribution is -2.48. The van der Waals surface area contributed by atoms with Gasteiger partial charge < -0.3 is 14.7 Å². The van der Waals surface area contributed by atoms with Gasteiger partial charge in [0.25, 0.3) is 5.91 Å². The average Bonchev–Trinajstić information content (AvgIpc) is 2.80. The van der Waals surface area contributed by atoms with Gasteiger partial charge in [0.2, 0.25) is 0 Å². The Balaban J connectivity index is 1.46. The summed E-state index contributed by atoms with van der Waals surface area (Å²) in [6.45, 7) is 5.62. The quantitative estimate of drug-likeness (QED) is 0.655. The number of amides is 1. The molecule has 4 rings (SSSR count).